The van der Waals surface area contributed by atoms with Crippen LogP contribution in [0.4, 0.5) is 5.95 Å². The molecule has 0 aliphatic rings. The van der Waals surface area contributed by atoms with E-state index in [-0.39, 0.29) is 10.8 Å². The number of hydrogen-bond donors (Lipinski definition) is 1. The molecule has 3 rings (SSSR count). The number of nitrogens with one attached hydrogen (secondary N) is 1. The van der Waals surface area contributed by atoms with Gasteiger partial charge in [0.25, 0.3) is 16.0 Å². The maximum Gasteiger partial charge on any atom is 0.264 e. The Morgan fingerprint density at radius 2 is 1.96 bits per heavy atom. The number of nitrogens with zero attached hydrogens (tertiary/aromatic N) is 4. The second kappa shape index (κ2) is 5.96. The maximum atomic E-state index is 12.5. The Morgan fingerprint density at radius 1 is 1.17 bits per heavy atom. The van der Waals surface area contributed by atoms with E-state index in [0.717, 1.165) is 24.0 Å². The number of fused-ring (bicyclic) bond motifs is 1. The van der Waals surface area contributed by atoms with E-state index in [9.17, 15) is 8.42 Å². The van der Waals surface area contributed by atoms with Crippen molar-refractivity contribution in [1.82, 2.24) is 19.6 Å². The third-order valence-electron chi connectivity index (χ3n) is 3.62. The van der Waals surface area contributed by atoms with Gasteiger partial charge in [-0.15, -0.1) is 5.10 Å². The van der Waals surface area contributed by atoms with Crippen molar-refractivity contribution in [2.45, 2.75) is 31.6 Å². The van der Waals surface area contributed by atoms with E-state index < -0.39 is 10.0 Å². The summed E-state index contributed by atoms with van der Waals surface area (Å²) in [5.41, 5.74) is 2.66. The molecule has 3 aromatic rings. The number of sulfonamides is 1. The quantitative estimate of drug-likeness (QED) is 0.773. The molecule has 0 bridgehead atoms. The Balaban J connectivity index is 1.95. The fourth-order valence-corrected chi connectivity index (χ4v) is 3.40. The Hall–Kier alpha value is -2.48. The average Bonchev–Trinajstić information content (AvgIpc) is 2.95. The van der Waals surface area contributed by atoms with Gasteiger partial charge in [-0.25, -0.2) is 17.7 Å². The molecule has 0 aliphatic heterocycles. The van der Waals surface area contributed by atoms with Gasteiger partial charge >= 0.3 is 0 Å². The van der Waals surface area contributed by atoms with Crippen molar-refractivity contribution >= 4 is 21.6 Å². The van der Waals surface area contributed by atoms with Crippen molar-refractivity contribution in [2.24, 2.45) is 0 Å². The minimum Gasteiger partial charge on any atom is -0.259 e. The Labute approximate surface area is 134 Å². The molecule has 0 amide bonds. The van der Waals surface area contributed by atoms with Gasteiger partial charge in [0, 0.05) is 12.4 Å². The van der Waals surface area contributed by atoms with Crippen molar-refractivity contribution in [3.8, 4) is 0 Å². The molecule has 0 radical (unpaired) electrons. The van der Waals surface area contributed by atoms with E-state index in [4.69, 9.17) is 0 Å². The molecule has 0 atom stereocenters. The van der Waals surface area contributed by atoms with Crippen LogP contribution >= 0.6 is 0 Å². The molecular formula is C15H17N5O2S. The zero-order valence-corrected chi connectivity index (χ0v) is 13.7. The lowest BCUT2D eigenvalue weighted by Gasteiger charge is -2.09. The van der Waals surface area contributed by atoms with Crippen LogP contribution in [0.15, 0.2) is 41.7 Å². The molecule has 1 N–H and O–H groups in total. The Bertz CT molecular complexity index is 916. The molecule has 0 unspecified atom stereocenters. The van der Waals surface area contributed by atoms with Gasteiger partial charge in [0.1, 0.15) is 0 Å². The fraction of sp³-hybridized carbons (Fsp3) is 0.267. The highest BCUT2D eigenvalue weighted by atomic mass is 32.2. The third kappa shape index (κ3) is 3.02. The first kappa shape index (κ1) is 15.4. The molecule has 7 nitrogen and oxygen atoms in total. The van der Waals surface area contributed by atoms with Gasteiger partial charge in [0.2, 0.25) is 0 Å². The van der Waals surface area contributed by atoms with Gasteiger partial charge < -0.3 is 0 Å². The number of aryl methyl sites for hydroxylation is 2. The summed E-state index contributed by atoms with van der Waals surface area (Å²) in [5, 5.41) is 4.07. The van der Waals surface area contributed by atoms with Crippen LogP contribution in [0.2, 0.25) is 0 Å². The highest BCUT2D eigenvalue weighted by Gasteiger charge is 2.18. The van der Waals surface area contributed by atoms with Gasteiger partial charge in [-0.3, -0.25) is 4.98 Å². The molecule has 2 aromatic heterocycles. The smallest absolute Gasteiger partial charge is 0.259 e. The number of aromatic nitrogens is 4. The van der Waals surface area contributed by atoms with Gasteiger partial charge in [0.15, 0.2) is 5.65 Å². The summed E-state index contributed by atoms with van der Waals surface area (Å²) >= 11 is 0. The molecule has 0 saturated heterocycles. The molecule has 0 aliphatic carbocycles. The van der Waals surface area contributed by atoms with Crippen LogP contribution < -0.4 is 4.72 Å². The van der Waals surface area contributed by atoms with Crippen molar-refractivity contribution in [3.63, 3.8) is 0 Å². The van der Waals surface area contributed by atoms with Crippen LogP contribution in [0.3, 0.4) is 0 Å². The molecule has 8 heteroatoms. The van der Waals surface area contributed by atoms with Crippen LogP contribution in [0.5, 0.6) is 0 Å². The van der Waals surface area contributed by atoms with Crippen LogP contribution in [-0.2, 0) is 22.9 Å². The van der Waals surface area contributed by atoms with Crippen LogP contribution in [-0.4, -0.2) is 28.0 Å². The SMILES string of the molecule is CCc1ccc(S(=O)(=O)Nc2nc3cnccn3n2)cc1CC. The normalized spacial score (nSPS) is 11.7. The summed E-state index contributed by atoms with van der Waals surface area (Å²) in [6.07, 6.45) is 6.32. The Morgan fingerprint density at radius 3 is 2.65 bits per heavy atom. The second-order valence-corrected chi connectivity index (χ2v) is 6.74. The molecule has 0 spiro atoms. The zero-order chi connectivity index (χ0) is 16.4. The molecule has 1 aromatic carbocycles. The fourth-order valence-electron chi connectivity index (χ4n) is 2.41. The first-order chi connectivity index (χ1) is 11.0. The number of benzene rings is 1. The van der Waals surface area contributed by atoms with Gasteiger partial charge in [-0.1, -0.05) is 19.9 Å². The van der Waals surface area contributed by atoms with Gasteiger partial charge in [0.05, 0.1) is 11.1 Å². The summed E-state index contributed by atoms with van der Waals surface area (Å²) in [6.45, 7) is 4.06. The standard InChI is InChI=1S/C15H17N5O2S/c1-3-11-5-6-13(9-12(11)4-2)23(21,22)19-15-17-14-10-16-7-8-20(14)18-15/h5-10H,3-4H2,1-2H3,(H,18,19). The lowest BCUT2D eigenvalue weighted by atomic mass is 10.0. The summed E-state index contributed by atoms with van der Waals surface area (Å²) < 4.78 is 28.9. The topological polar surface area (TPSA) is 89.2 Å². The number of anilines is 1. The zero-order valence-electron chi connectivity index (χ0n) is 12.9. The molecular weight excluding hydrogens is 314 g/mol. The summed E-state index contributed by atoms with van der Waals surface area (Å²) in [4.78, 5) is 8.23. The van der Waals surface area contributed by atoms with Gasteiger partial charge in [-0.05, 0) is 36.1 Å². The second-order valence-electron chi connectivity index (χ2n) is 5.06. The van der Waals surface area contributed by atoms with Crippen molar-refractivity contribution in [1.29, 1.82) is 0 Å². The van der Waals surface area contributed by atoms with Crippen molar-refractivity contribution in [2.75, 3.05) is 4.72 Å². The monoisotopic (exact) mass is 331 g/mol. The number of rotatable bonds is 5. The Kier molecular flexibility index (Phi) is 3.99. The summed E-state index contributed by atoms with van der Waals surface area (Å²) in [5.74, 6) is 0.0237. The number of hydrogen-bond acceptors (Lipinski definition) is 5. The van der Waals surface area contributed by atoms with Crippen LogP contribution in [0.25, 0.3) is 5.65 Å². The first-order valence-corrected chi connectivity index (χ1v) is 8.83. The van der Waals surface area contributed by atoms with E-state index in [0.29, 0.717) is 5.65 Å². The molecule has 0 saturated carbocycles. The predicted molar refractivity (Wildman–Crippen MR) is 86.8 cm³/mol. The summed E-state index contributed by atoms with van der Waals surface area (Å²) in [7, 11) is -3.73. The molecule has 0 fully saturated rings. The van der Waals surface area contributed by atoms with E-state index >= 15 is 0 Å². The van der Waals surface area contributed by atoms with E-state index in [1.54, 1.807) is 24.5 Å². The highest BCUT2D eigenvalue weighted by molar-refractivity contribution is 7.92. The predicted octanol–water partition coefficient (Wildman–Crippen LogP) is 2.05. The highest BCUT2D eigenvalue weighted by Crippen LogP contribution is 2.19. The lowest BCUT2D eigenvalue weighted by molar-refractivity contribution is 0.600. The lowest BCUT2D eigenvalue weighted by Crippen LogP contribution is -2.14. The first-order valence-electron chi connectivity index (χ1n) is 7.34. The molecule has 120 valence electrons. The molecule has 2 heterocycles. The van der Waals surface area contributed by atoms with E-state index in [1.807, 2.05) is 13.0 Å². The summed E-state index contributed by atoms with van der Waals surface area (Å²) in [6, 6.07) is 5.17. The van der Waals surface area contributed by atoms with E-state index in [2.05, 4.69) is 26.7 Å². The average molecular weight is 331 g/mol. The van der Waals surface area contributed by atoms with Crippen LogP contribution in [0.1, 0.15) is 25.0 Å². The van der Waals surface area contributed by atoms with Crippen molar-refractivity contribution < 1.29 is 8.42 Å². The maximum absolute atomic E-state index is 12.5. The minimum absolute atomic E-state index is 0.0237. The third-order valence-corrected chi connectivity index (χ3v) is 4.94. The van der Waals surface area contributed by atoms with Crippen LogP contribution in [0, 0.1) is 0 Å². The molecule has 23 heavy (non-hydrogen) atoms. The van der Waals surface area contributed by atoms with Crippen molar-refractivity contribution in [3.05, 3.63) is 47.9 Å². The largest absolute Gasteiger partial charge is 0.264 e. The minimum atomic E-state index is -3.73. The van der Waals surface area contributed by atoms with Gasteiger partial charge in [-0.2, -0.15) is 4.98 Å². The van der Waals surface area contributed by atoms with E-state index in [1.165, 1.54) is 10.7 Å².